The lowest BCUT2D eigenvalue weighted by Crippen LogP contribution is -2.30. The number of halogens is 1. The van der Waals surface area contributed by atoms with Gasteiger partial charge in [0.1, 0.15) is 11.5 Å². The van der Waals surface area contributed by atoms with E-state index in [0.717, 1.165) is 15.8 Å². The van der Waals surface area contributed by atoms with Crippen molar-refractivity contribution in [1.29, 1.82) is 0 Å². The van der Waals surface area contributed by atoms with Crippen molar-refractivity contribution in [3.63, 3.8) is 0 Å². The lowest BCUT2D eigenvalue weighted by atomic mass is 10.1. The summed E-state index contributed by atoms with van der Waals surface area (Å²) in [6.45, 7) is 2.22. The van der Waals surface area contributed by atoms with Gasteiger partial charge < -0.3 is 9.15 Å². The number of carbonyl (C=O) groups excluding carboxylic acids is 1. The third-order valence-corrected chi connectivity index (χ3v) is 5.59. The Labute approximate surface area is 171 Å². The van der Waals surface area contributed by atoms with Crippen LogP contribution < -0.4 is 9.64 Å². The second kappa shape index (κ2) is 7.66. The molecule has 0 atom stereocenters. The summed E-state index contributed by atoms with van der Waals surface area (Å²) in [5, 5.41) is 1.22. The van der Waals surface area contributed by atoms with Crippen molar-refractivity contribution < 1.29 is 13.9 Å². The van der Waals surface area contributed by atoms with Gasteiger partial charge in [-0.15, -0.1) is 0 Å². The van der Waals surface area contributed by atoms with Gasteiger partial charge in [0.2, 0.25) is 0 Å². The van der Waals surface area contributed by atoms with E-state index < -0.39 is 0 Å². The van der Waals surface area contributed by atoms with Crippen molar-refractivity contribution in [3.8, 4) is 5.75 Å². The average Bonchev–Trinajstić information content (AvgIpc) is 3.35. The van der Waals surface area contributed by atoms with Crippen LogP contribution in [0.3, 0.4) is 0 Å². The molecule has 0 aliphatic heterocycles. The fraction of sp³-hybridized carbons (Fsp3) is 0.143. The highest BCUT2D eigenvalue weighted by atomic mass is 35.5. The van der Waals surface area contributed by atoms with Crippen molar-refractivity contribution in [2.24, 2.45) is 0 Å². The summed E-state index contributed by atoms with van der Waals surface area (Å²) in [6, 6.07) is 14.5. The zero-order valence-corrected chi connectivity index (χ0v) is 16.9. The molecule has 28 heavy (non-hydrogen) atoms. The maximum Gasteiger partial charge on any atom is 0.264 e. The van der Waals surface area contributed by atoms with Crippen molar-refractivity contribution in [2.45, 2.75) is 13.5 Å². The highest BCUT2D eigenvalue weighted by molar-refractivity contribution is 7.22. The van der Waals surface area contributed by atoms with Crippen LogP contribution in [0.5, 0.6) is 5.75 Å². The molecule has 2 aromatic heterocycles. The Morgan fingerprint density at radius 3 is 2.82 bits per heavy atom. The smallest absolute Gasteiger partial charge is 0.264 e. The number of thiazole rings is 1. The third kappa shape index (κ3) is 3.48. The van der Waals surface area contributed by atoms with Crippen molar-refractivity contribution in [2.75, 3.05) is 12.0 Å². The number of methoxy groups -OCH3 is 1. The Morgan fingerprint density at radius 1 is 1.25 bits per heavy atom. The summed E-state index contributed by atoms with van der Waals surface area (Å²) < 4.78 is 11.8. The van der Waals surface area contributed by atoms with Gasteiger partial charge in [0.25, 0.3) is 5.91 Å². The minimum atomic E-state index is -0.211. The molecule has 0 spiro atoms. The number of carbonyl (C=O) groups is 1. The van der Waals surface area contributed by atoms with Crippen LogP contribution >= 0.6 is 22.9 Å². The Bertz CT molecular complexity index is 1140. The van der Waals surface area contributed by atoms with Crippen LogP contribution in [0.15, 0.2) is 59.2 Å². The molecule has 0 aliphatic rings. The first-order valence-electron chi connectivity index (χ1n) is 8.61. The van der Waals surface area contributed by atoms with Gasteiger partial charge in [0.15, 0.2) is 5.13 Å². The molecular weight excluding hydrogens is 396 g/mol. The van der Waals surface area contributed by atoms with Gasteiger partial charge in [-0.1, -0.05) is 35.1 Å². The van der Waals surface area contributed by atoms with E-state index in [-0.39, 0.29) is 12.5 Å². The van der Waals surface area contributed by atoms with E-state index in [1.54, 1.807) is 36.5 Å². The van der Waals surface area contributed by atoms with E-state index in [0.29, 0.717) is 27.2 Å². The lowest BCUT2D eigenvalue weighted by molar-refractivity contribution is 0.0980. The number of aryl methyl sites for hydroxylation is 1. The number of furan rings is 1. The highest BCUT2D eigenvalue weighted by Gasteiger charge is 2.25. The second-order valence-corrected chi connectivity index (χ2v) is 7.68. The van der Waals surface area contributed by atoms with Gasteiger partial charge in [-0.2, -0.15) is 0 Å². The molecule has 0 saturated carbocycles. The molecule has 0 unspecified atom stereocenters. The number of para-hydroxylation sites is 1. The van der Waals surface area contributed by atoms with Gasteiger partial charge in [0.05, 0.1) is 35.7 Å². The van der Waals surface area contributed by atoms with Crippen molar-refractivity contribution >= 4 is 44.2 Å². The van der Waals surface area contributed by atoms with Crippen LogP contribution in [0.2, 0.25) is 5.02 Å². The highest BCUT2D eigenvalue weighted by Crippen LogP contribution is 2.35. The molecule has 0 N–H and O–H groups in total. The third-order valence-electron chi connectivity index (χ3n) is 4.35. The molecule has 0 aliphatic carbocycles. The molecule has 5 nitrogen and oxygen atoms in total. The first-order chi connectivity index (χ1) is 13.6. The lowest BCUT2D eigenvalue weighted by Gasteiger charge is -2.20. The van der Waals surface area contributed by atoms with E-state index in [9.17, 15) is 4.79 Å². The topological polar surface area (TPSA) is 55.6 Å². The predicted molar refractivity (Wildman–Crippen MR) is 112 cm³/mol. The quantitative estimate of drug-likeness (QED) is 0.421. The van der Waals surface area contributed by atoms with E-state index in [1.807, 2.05) is 37.3 Å². The predicted octanol–water partition coefficient (Wildman–Crippen LogP) is 5.71. The summed E-state index contributed by atoms with van der Waals surface area (Å²) in [4.78, 5) is 19.7. The first-order valence-corrected chi connectivity index (χ1v) is 9.80. The fourth-order valence-corrected chi connectivity index (χ4v) is 4.43. The van der Waals surface area contributed by atoms with E-state index in [2.05, 4.69) is 0 Å². The van der Waals surface area contributed by atoms with Crippen LogP contribution in [0.1, 0.15) is 21.7 Å². The number of hydrogen-bond acceptors (Lipinski definition) is 5. The molecule has 0 radical (unpaired) electrons. The number of aromatic nitrogens is 1. The monoisotopic (exact) mass is 412 g/mol. The van der Waals surface area contributed by atoms with Gasteiger partial charge in [-0.25, -0.2) is 4.98 Å². The molecule has 0 saturated heterocycles. The molecule has 0 bridgehead atoms. The van der Waals surface area contributed by atoms with Crippen LogP contribution in [0.4, 0.5) is 5.13 Å². The molecule has 4 rings (SSSR count). The zero-order chi connectivity index (χ0) is 19.7. The first kappa shape index (κ1) is 18.5. The minimum absolute atomic E-state index is 0.211. The molecule has 4 aromatic rings. The average molecular weight is 413 g/mol. The number of hydrogen-bond donors (Lipinski definition) is 0. The Kier molecular flexibility index (Phi) is 5.07. The van der Waals surface area contributed by atoms with E-state index in [1.165, 1.54) is 11.3 Å². The minimum Gasteiger partial charge on any atom is -0.496 e. The molecule has 2 heterocycles. The molecule has 2 aromatic carbocycles. The van der Waals surface area contributed by atoms with Crippen LogP contribution in [0.25, 0.3) is 10.2 Å². The van der Waals surface area contributed by atoms with Crippen LogP contribution in [-0.2, 0) is 6.54 Å². The molecule has 142 valence electrons. The second-order valence-electron chi connectivity index (χ2n) is 6.24. The summed E-state index contributed by atoms with van der Waals surface area (Å²) in [7, 11) is 1.55. The molecule has 7 heteroatoms. The molecule has 1 amide bonds. The Balaban J connectivity index is 1.82. The molecular formula is C21H17ClN2O3S. The standard InChI is InChI=1S/C21H17ClN2O3S/c1-13-10-14(22)11-18-19(13)23-21(28-18)24(12-15-6-5-9-27-15)20(25)16-7-3-4-8-17(16)26-2/h3-11H,12H2,1-2H3. The van der Waals surface area contributed by atoms with Gasteiger partial charge in [0, 0.05) is 5.02 Å². The SMILES string of the molecule is COc1ccccc1C(=O)N(Cc1ccco1)c1nc2c(C)cc(Cl)cc2s1. The number of benzene rings is 2. The summed E-state index contributed by atoms with van der Waals surface area (Å²) >= 11 is 7.61. The maximum absolute atomic E-state index is 13.4. The number of anilines is 1. The zero-order valence-electron chi connectivity index (χ0n) is 15.3. The number of ether oxygens (including phenoxy) is 1. The normalized spacial score (nSPS) is 11.0. The van der Waals surface area contributed by atoms with E-state index >= 15 is 0 Å². The number of amides is 1. The Hall–Kier alpha value is -2.83. The largest absolute Gasteiger partial charge is 0.496 e. The van der Waals surface area contributed by atoms with Gasteiger partial charge >= 0.3 is 0 Å². The van der Waals surface area contributed by atoms with Crippen LogP contribution in [-0.4, -0.2) is 18.0 Å². The summed E-state index contributed by atoms with van der Waals surface area (Å²) in [5.74, 6) is 0.964. The van der Waals surface area contributed by atoms with Crippen molar-refractivity contribution in [3.05, 3.63) is 76.7 Å². The Morgan fingerprint density at radius 2 is 2.07 bits per heavy atom. The number of nitrogens with zero attached hydrogens (tertiary/aromatic N) is 2. The van der Waals surface area contributed by atoms with Crippen molar-refractivity contribution in [1.82, 2.24) is 4.98 Å². The summed E-state index contributed by atoms with van der Waals surface area (Å²) in [6.07, 6.45) is 1.59. The van der Waals surface area contributed by atoms with E-state index in [4.69, 9.17) is 25.7 Å². The van der Waals surface area contributed by atoms with Gasteiger partial charge in [-0.3, -0.25) is 9.69 Å². The summed E-state index contributed by atoms with van der Waals surface area (Å²) in [5.41, 5.74) is 2.26. The fourth-order valence-electron chi connectivity index (χ4n) is 3.01. The number of rotatable bonds is 5. The maximum atomic E-state index is 13.4. The number of fused-ring (bicyclic) bond motifs is 1. The van der Waals surface area contributed by atoms with Crippen LogP contribution in [0, 0.1) is 6.92 Å². The molecule has 0 fully saturated rings. The van der Waals surface area contributed by atoms with Gasteiger partial charge in [-0.05, 0) is 48.9 Å².